The maximum absolute atomic E-state index is 13.6. The van der Waals surface area contributed by atoms with Gasteiger partial charge in [0.2, 0.25) is 5.91 Å². The van der Waals surface area contributed by atoms with Gasteiger partial charge >= 0.3 is 0 Å². The molecule has 2 aromatic heterocycles. The zero-order chi connectivity index (χ0) is 17.3. The summed E-state index contributed by atoms with van der Waals surface area (Å²) in [6.45, 7) is 0.528. The fourth-order valence-electron chi connectivity index (χ4n) is 3.54. The van der Waals surface area contributed by atoms with Crippen LogP contribution in [0.15, 0.2) is 54.9 Å². The number of rotatable bonds is 5. The number of halogens is 1. The molecule has 5 heteroatoms. The number of benzene rings is 1. The number of nitrogens with zero attached hydrogens (tertiary/aromatic N) is 2. The molecule has 128 valence electrons. The highest BCUT2D eigenvalue weighted by molar-refractivity contribution is 5.89. The zero-order valence-corrected chi connectivity index (χ0v) is 13.9. The second-order valence-electron chi connectivity index (χ2n) is 6.65. The van der Waals surface area contributed by atoms with Crippen molar-refractivity contribution in [3.8, 4) is 0 Å². The van der Waals surface area contributed by atoms with Crippen LogP contribution in [0.1, 0.15) is 30.5 Å². The monoisotopic (exact) mass is 337 g/mol. The average molecular weight is 337 g/mol. The molecule has 0 atom stereocenters. The van der Waals surface area contributed by atoms with Crippen LogP contribution in [0.25, 0.3) is 5.65 Å². The fourth-order valence-corrected chi connectivity index (χ4v) is 3.54. The van der Waals surface area contributed by atoms with E-state index < -0.39 is 5.41 Å². The van der Waals surface area contributed by atoms with Crippen LogP contribution in [0.4, 0.5) is 4.39 Å². The van der Waals surface area contributed by atoms with Crippen molar-refractivity contribution in [1.82, 2.24) is 14.7 Å². The van der Waals surface area contributed by atoms with Crippen molar-refractivity contribution in [3.05, 3.63) is 71.9 Å². The minimum absolute atomic E-state index is 0.00638. The molecule has 3 aromatic rings. The first-order chi connectivity index (χ1) is 12.2. The predicted octanol–water partition coefficient (Wildman–Crippen LogP) is 3.25. The van der Waals surface area contributed by atoms with E-state index in [0.717, 1.165) is 36.2 Å². The van der Waals surface area contributed by atoms with Crippen molar-refractivity contribution in [2.75, 3.05) is 6.54 Å². The number of amides is 1. The lowest BCUT2D eigenvalue weighted by Crippen LogP contribution is -2.49. The van der Waals surface area contributed by atoms with Crippen LogP contribution in [0, 0.1) is 5.82 Å². The summed E-state index contributed by atoms with van der Waals surface area (Å²) in [5.74, 6) is -0.297. The van der Waals surface area contributed by atoms with E-state index in [2.05, 4.69) is 10.3 Å². The first-order valence-electron chi connectivity index (χ1n) is 8.64. The van der Waals surface area contributed by atoms with Crippen LogP contribution in [0.3, 0.4) is 0 Å². The van der Waals surface area contributed by atoms with Gasteiger partial charge in [0.15, 0.2) is 0 Å². The summed E-state index contributed by atoms with van der Waals surface area (Å²) in [6, 6.07) is 12.3. The highest BCUT2D eigenvalue weighted by Crippen LogP contribution is 2.44. The van der Waals surface area contributed by atoms with Crippen molar-refractivity contribution in [1.29, 1.82) is 0 Å². The number of pyridine rings is 1. The third-order valence-corrected chi connectivity index (χ3v) is 5.10. The predicted molar refractivity (Wildman–Crippen MR) is 93.8 cm³/mol. The highest BCUT2D eigenvalue weighted by Gasteiger charge is 2.45. The molecule has 0 radical (unpaired) electrons. The number of fused-ring (bicyclic) bond motifs is 1. The Labute approximate surface area is 145 Å². The summed E-state index contributed by atoms with van der Waals surface area (Å²) in [5, 5.41) is 3.03. The molecule has 1 fully saturated rings. The van der Waals surface area contributed by atoms with E-state index in [1.807, 2.05) is 41.1 Å². The van der Waals surface area contributed by atoms with Crippen molar-refractivity contribution in [2.24, 2.45) is 0 Å². The Morgan fingerprint density at radius 2 is 2.12 bits per heavy atom. The number of imidazole rings is 1. The number of carbonyl (C=O) groups excluding carboxylic acids is 1. The summed E-state index contributed by atoms with van der Waals surface area (Å²) in [7, 11) is 0. The molecule has 4 nitrogen and oxygen atoms in total. The molecule has 4 rings (SSSR count). The topological polar surface area (TPSA) is 46.4 Å². The van der Waals surface area contributed by atoms with Gasteiger partial charge in [0.1, 0.15) is 11.5 Å². The van der Waals surface area contributed by atoms with Crippen molar-refractivity contribution in [2.45, 2.75) is 31.1 Å². The maximum Gasteiger partial charge on any atom is 0.230 e. The summed E-state index contributed by atoms with van der Waals surface area (Å²) in [5.41, 5.74) is 2.06. The summed E-state index contributed by atoms with van der Waals surface area (Å²) < 4.78 is 15.5. The molecular weight excluding hydrogens is 317 g/mol. The van der Waals surface area contributed by atoms with Crippen LogP contribution >= 0.6 is 0 Å². The molecule has 1 amide bonds. The van der Waals surface area contributed by atoms with Gasteiger partial charge in [-0.25, -0.2) is 9.37 Å². The molecule has 1 aliphatic rings. The third kappa shape index (κ3) is 2.90. The van der Waals surface area contributed by atoms with Crippen molar-refractivity contribution < 1.29 is 9.18 Å². The second kappa shape index (κ2) is 6.31. The Hall–Kier alpha value is -2.69. The van der Waals surface area contributed by atoms with Gasteiger partial charge in [0.05, 0.1) is 11.1 Å². The zero-order valence-electron chi connectivity index (χ0n) is 13.9. The Bertz CT molecular complexity index is 881. The van der Waals surface area contributed by atoms with Gasteiger partial charge in [-0.05, 0) is 42.7 Å². The number of carbonyl (C=O) groups is 1. The smallest absolute Gasteiger partial charge is 0.230 e. The van der Waals surface area contributed by atoms with E-state index in [9.17, 15) is 9.18 Å². The summed E-state index contributed by atoms with van der Waals surface area (Å²) >= 11 is 0. The largest absolute Gasteiger partial charge is 0.355 e. The quantitative estimate of drug-likeness (QED) is 0.777. The van der Waals surface area contributed by atoms with Gasteiger partial charge < -0.3 is 9.72 Å². The second-order valence-corrected chi connectivity index (χ2v) is 6.65. The lowest BCUT2D eigenvalue weighted by atomic mass is 9.64. The van der Waals surface area contributed by atoms with Gasteiger partial charge in [-0.15, -0.1) is 0 Å². The lowest BCUT2D eigenvalue weighted by molar-refractivity contribution is -0.129. The fraction of sp³-hybridized carbons (Fsp3) is 0.300. The molecular formula is C20H20FN3O. The van der Waals surface area contributed by atoms with Crippen molar-refractivity contribution in [3.63, 3.8) is 0 Å². The van der Waals surface area contributed by atoms with Gasteiger partial charge in [0.25, 0.3) is 0 Å². The first kappa shape index (κ1) is 15.8. The van der Waals surface area contributed by atoms with E-state index in [1.165, 1.54) is 12.1 Å². The molecule has 25 heavy (non-hydrogen) atoms. The SMILES string of the molecule is O=C(NCCc1cn2ccccc2n1)C1(c2cccc(F)c2)CCC1. The molecule has 1 aliphatic carbocycles. The van der Waals surface area contributed by atoms with E-state index in [4.69, 9.17) is 0 Å². The molecule has 0 bridgehead atoms. The molecule has 0 saturated heterocycles. The van der Waals surface area contributed by atoms with Crippen LogP contribution in [0.5, 0.6) is 0 Å². The standard InChI is InChI=1S/C20H20FN3O/c21-16-6-3-5-15(13-16)20(9-4-10-20)19(25)22-11-8-17-14-24-12-2-1-7-18(24)23-17/h1-3,5-7,12-14H,4,8-11H2,(H,22,25). The van der Waals surface area contributed by atoms with E-state index in [-0.39, 0.29) is 11.7 Å². The Kier molecular flexibility index (Phi) is 3.99. The maximum atomic E-state index is 13.6. The number of hydrogen-bond acceptors (Lipinski definition) is 2. The highest BCUT2D eigenvalue weighted by atomic mass is 19.1. The van der Waals surface area contributed by atoms with E-state index in [0.29, 0.717) is 13.0 Å². The van der Waals surface area contributed by atoms with Crippen molar-refractivity contribution >= 4 is 11.6 Å². The van der Waals surface area contributed by atoms with Crippen LogP contribution < -0.4 is 5.32 Å². The first-order valence-corrected chi connectivity index (χ1v) is 8.64. The molecule has 1 aromatic carbocycles. The number of nitrogens with one attached hydrogen (secondary N) is 1. The molecule has 2 heterocycles. The lowest BCUT2D eigenvalue weighted by Gasteiger charge is -2.40. The molecule has 0 unspecified atom stereocenters. The van der Waals surface area contributed by atoms with E-state index >= 15 is 0 Å². The molecule has 0 aliphatic heterocycles. The van der Waals surface area contributed by atoms with Crippen LogP contribution in [0.2, 0.25) is 0 Å². The van der Waals surface area contributed by atoms with Crippen LogP contribution in [-0.2, 0) is 16.6 Å². The van der Waals surface area contributed by atoms with Gasteiger partial charge in [-0.3, -0.25) is 4.79 Å². The number of hydrogen-bond donors (Lipinski definition) is 1. The molecule has 0 spiro atoms. The van der Waals surface area contributed by atoms with Gasteiger partial charge in [0, 0.05) is 25.4 Å². The molecule has 1 saturated carbocycles. The average Bonchev–Trinajstić information content (AvgIpc) is 2.96. The van der Waals surface area contributed by atoms with Gasteiger partial charge in [-0.2, -0.15) is 0 Å². The Morgan fingerprint density at radius 3 is 2.84 bits per heavy atom. The normalized spacial score (nSPS) is 15.7. The number of aromatic nitrogens is 2. The minimum atomic E-state index is -0.568. The molecule has 1 N–H and O–H groups in total. The third-order valence-electron chi connectivity index (χ3n) is 5.10. The Morgan fingerprint density at radius 1 is 1.24 bits per heavy atom. The van der Waals surface area contributed by atoms with Gasteiger partial charge in [-0.1, -0.05) is 24.6 Å². The van der Waals surface area contributed by atoms with Crippen LogP contribution in [-0.4, -0.2) is 21.8 Å². The summed E-state index contributed by atoms with van der Waals surface area (Å²) in [6.07, 6.45) is 7.15. The van der Waals surface area contributed by atoms with E-state index in [1.54, 1.807) is 6.07 Å². The summed E-state index contributed by atoms with van der Waals surface area (Å²) in [4.78, 5) is 17.3. The minimum Gasteiger partial charge on any atom is -0.355 e. The Balaban J connectivity index is 1.42.